The van der Waals surface area contributed by atoms with E-state index in [1.54, 1.807) is 0 Å². The van der Waals surface area contributed by atoms with Gasteiger partial charge < -0.3 is 9.47 Å². The van der Waals surface area contributed by atoms with Crippen LogP contribution < -0.4 is 9.47 Å². The van der Waals surface area contributed by atoms with Gasteiger partial charge in [-0.25, -0.2) is 8.42 Å². The molecule has 0 saturated carbocycles. The minimum Gasteiger partial charge on any atom is -0.395 e. The molecule has 0 aromatic heterocycles. The first-order valence-corrected chi connectivity index (χ1v) is 6.55. The summed E-state index contributed by atoms with van der Waals surface area (Å²) in [5.41, 5.74) is 0.0321. The van der Waals surface area contributed by atoms with Crippen LogP contribution in [0.15, 0.2) is 18.2 Å². The van der Waals surface area contributed by atoms with Crippen molar-refractivity contribution in [2.45, 2.75) is 12.0 Å². The predicted octanol–water partition coefficient (Wildman–Crippen LogP) is 2.08. The zero-order valence-corrected chi connectivity index (χ0v) is 9.19. The van der Waals surface area contributed by atoms with Crippen LogP contribution in [0.2, 0.25) is 0 Å². The summed E-state index contributed by atoms with van der Waals surface area (Å²) in [5.74, 6) is -1.10. The molecule has 1 aliphatic heterocycles. The summed E-state index contributed by atoms with van der Waals surface area (Å²) in [6.45, 7) is 0. The van der Waals surface area contributed by atoms with E-state index in [1.165, 1.54) is 18.2 Å². The van der Waals surface area contributed by atoms with Crippen molar-refractivity contribution in [1.29, 1.82) is 0 Å². The number of fused-ring (bicyclic) bond motifs is 1. The minimum atomic E-state index is -3.84. The van der Waals surface area contributed by atoms with Crippen LogP contribution in [-0.2, 0) is 14.8 Å². The zero-order valence-electron chi connectivity index (χ0n) is 7.61. The number of ether oxygens (including phenoxy) is 2. The highest BCUT2D eigenvalue weighted by Crippen LogP contribution is 2.43. The first kappa shape index (κ1) is 11.4. The Morgan fingerprint density at radius 2 is 2.00 bits per heavy atom. The van der Waals surface area contributed by atoms with Gasteiger partial charge in [0, 0.05) is 16.2 Å². The SMILES string of the molecule is O=S(=O)(Cl)Cc1cccc2c1OC(F)(F)O2. The molecule has 0 N–H and O–H groups in total. The summed E-state index contributed by atoms with van der Waals surface area (Å²) < 4.78 is 55.5. The van der Waals surface area contributed by atoms with E-state index in [0.717, 1.165) is 0 Å². The number of hydrogen-bond acceptors (Lipinski definition) is 4. The van der Waals surface area contributed by atoms with E-state index < -0.39 is 21.1 Å². The van der Waals surface area contributed by atoms with Crippen molar-refractivity contribution >= 4 is 19.7 Å². The third-order valence-electron chi connectivity index (χ3n) is 1.84. The van der Waals surface area contributed by atoms with Crippen LogP contribution in [0.1, 0.15) is 5.56 Å². The van der Waals surface area contributed by atoms with E-state index in [1.807, 2.05) is 0 Å². The Labute approximate surface area is 94.1 Å². The Morgan fingerprint density at radius 3 is 2.62 bits per heavy atom. The third kappa shape index (κ3) is 2.35. The molecule has 0 atom stereocenters. The first-order valence-electron chi connectivity index (χ1n) is 4.07. The second-order valence-electron chi connectivity index (χ2n) is 3.10. The molecule has 16 heavy (non-hydrogen) atoms. The summed E-state index contributed by atoms with van der Waals surface area (Å²) in [5, 5.41) is 0. The summed E-state index contributed by atoms with van der Waals surface area (Å²) in [6.07, 6.45) is -3.77. The standard InChI is InChI=1S/C8H5ClF2O4S/c9-16(12,13)4-5-2-1-3-6-7(5)15-8(10,11)14-6/h1-3H,4H2. The molecule has 2 rings (SSSR count). The van der Waals surface area contributed by atoms with Crippen molar-refractivity contribution < 1.29 is 26.7 Å². The van der Waals surface area contributed by atoms with E-state index in [9.17, 15) is 17.2 Å². The fourth-order valence-electron chi connectivity index (χ4n) is 1.32. The highest BCUT2D eigenvalue weighted by molar-refractivity contribution is 8.13. The van der Waals surface area contributed by atoms with Gasteiger partial charge in [0.1, 0.15) is 0 Å². The lowest BCUT2D eigenvalue weighted by Crippen LogP contribution is -2.26. The molecular formula is C8H5ClF2O4S. The molecule has 1 heterocycles. The lowest BCUT2D eigenvalue weighted by atomic mass is 10.2. The van der Waals surface area contributed by atoms with E-state index in [4.69, 9.17) is 10.7 Å². The minimum absolute atomic E-state index is 0.0321. The van der Waals surface area contributed by atoms with Gasteiger partial charge in [0.15, 0.2) is 11.5 Å². The summed E-state index contributed by atoms with van der Waals surface area (Å²) in [7, 11) is 1.18. The van der Waals surface area contributed by atoms with Crippen molar-refractivity contribution in [2.75, 3.05) is 0 Å². The average molecular weight is 271 g/mol. The molecule has 0 radical (unpaired) electrons. The van der Waals surface area contributed by atoms with Crippen LogP contribution in [0.4, 0.5) is 8.78 Å². The Kier molecular flexibility index (Phi) is 2.47. The second kappa shape index (κ2) is 3.46. The molecule has 1 aromatic carbocycles. The van der Waals surface area contributed by atoms with Crippen LogP contribution >= 0.6 is 10.7 Å². The fourth-order valence-corrected chi connectivity index (χ4v) is 2.28. The van der Waals surface area contributed by atoms with Crippen LogP contribution in [0.3, 0.4) is 0 Å². The number of halogens is 3. The van der Waals surface area contributed by atoms with E-state index in [-0.39, 0.29) is 17.1 Å². The van der Waals surface area contributed by atoms with Crippen LogP contribution in [-0.4, -0.2) is 14.7 Å². The van der Waals surface area contributed by atoms with Crippen molar-refractivity contribution in [3.8, 4) is 11.5 Å². The monoisotopic (exact) mass is 270 g/mol. The highest BCUT2D eigenvalue weighted by Gasteiger charge is 2.44. The number of alkyl halides is 2. The van der Waals surface area contributed by atoms with E-state index in [0.29, 0.717) is 0 Å². The van der Waals surface area contributed by atoms with Gasteiger partial charge in [-0.05, 0) is 6.07 Å². The number of hydrogen-bond donors (Lipinski definition) is 0. The first-order chi connectivity index (χ1) is 7.27. The quantitative estimate of drug-likeness (QED) is 0.772. The maximum Gasteiger partial charge on any atom is 0.586 e. The van der Waals surface area contributed by atoms with Gasteiger partial charge in [0.25, 0.3) is 0 Å². The van der Waals surface area contributed by atoms with Gasteiger partial charge in [-0.15, -0.1) is 8.78 Å². The van der Waals surface area contributed by atoms with E-state index in [2.05, 4.69) is 9.47 Å². The summed E-state index contributed by atoms with van der Waals surface area (Å²) in [4.78, 5) is 0. The van der Waals surface area contributed by atoms with Crippen molar-refractivity contribution in [2.24, 2.45) is 0 Å². The molecule has 0 spiro atoms. The maximum absolute atomic E-state index is 12.7. The topological polar surface area (TPSA) is 52.6 Å². The normalized spacial score (nSPS) is 17.4. The highest BCUT2D eigenvalue weighted by atomic mass is 35.7. The van der Waals surface area contributed by atoms with Gasteiger partial charge in [-0.3, -0.25) is 0 Å². The molecule has 1 aromatic rings. The molecule has 4 nitrogen and oxygen atoms in total. The van der Waals surface area contributed by atoms with Crippen LogP contribution in [0.5, 0.6) is 11.5 Å². The molecule has 0 unspecified atom stereocenters. The molecular weight excluding hydrogens is 266 g/mol. The molecule has 88 valence electrons. The van der Waals surface area contributed by atoms with Crippen molar-refractivity contribution in [1.82, 2.24) is 0 Å². The van der Waals surface area contributed by atoms with Crippen LogP contribution in [0, 0.1) is 0 Å². The largest absolute Gasteiger partial charge is 0.586 e. The third-order valence-corrected chi connectivity index (χ3v) is 2.82. The van der Waals surface area contributed by atoms with Gasteiger partial charge in [0.2, 0.25) is 9.05 Å². The molecule has 0 saturated heterocycles. The number of rotatable bonds is 2. The number of para-hydroxylation sites is 1. The summed E-state index contributed by atoms with van der Waals surface area (Å²) in [6, 6.07) is 3.95. The van der Waals surface area contributed by atoms with Gasteiger partial charge in [-0.2, -0.15) is 0 Å². The molecule has 0 amide bonds. The number of benzene rings is 1. The fraction of sp³-hybridized carbons (Fsp3) is 0.250. The average Bonchev–Trinajstić information content (AvgIpc) is 2.37. The Balaban J connectivity index is 2.41. The summed E-state index contributed by atoms with van der Waals surface area (Å²) >= 11 is 0. The second-order valence-corrected chi connectivity index (χ2v) is 5.87. The molecule has 0 fully saturated rings. The lowest BCUT2D eigenvalue weighted by molar-refractivity contribution is -0.286. The predicted molar refractivity (Wildman–Crippen MR) is 51.1 cm³/mol. The molecule has 1 aliphatic rings. The lowest BCUT2D eigenvalue weighted by Gasteiger charge is -2.05. The van der Waals surface area contributed by atoms with Gasteiger partial charge in [0.05, 0.1) is 5.75 Å². The molecule has 0 bridgehead atoms. The van der Waals surface area contributed by atoms with Crippen molar-refractivity contribution in [3.63, 3.8) is 0 Å². The van der Waals surface area contributed by atoms with Gasteiger partial charge in [-0.1, -0.05) is 12.1 Å². The Bertz CT molecular complexity index is 529. The van der Waals surface area contributed by atoms with Crippen molar-refractivity contribution in [3.05, 3.63) is 23.8 Å². The van der Waals surface area contributed by atoms with Crippen LogP contribution in [0.25, 0.3) is 0 Å². The molecule has 0 aliphatic carbocycles. The smallest absolute Gasteiger partial charge is 0.395 e. The Hall–Kier alpha value is -1.08. The molecule has 8 heteroatoms. The van der Waals surface area contributed by atoms with E-state index >= 15 is 0 Å². The Morgan fingerprint density at radius 1 is 1.31 bits per heavy atom. The zero-order chi connectivity index (χ0) is 12.0. The maximum atomic E-state index is 12.7. The van der Waals surface area contributed by atoms with Gasteiger partial charge >= 0.3 is 6.29 Å².